The second-order valence-electron chi connectivity index (χ2n) is 4.93. The van der Waals surface area contributed by atoms with E-state index in [0.717, 1.165) is 22.6 Å². The lowest BCUT2D eigenvalue weighted by Gasteiger charge is -2.23. The first-order valence-corrected chi connectivity index (χ1v) is 6.42. The lowest BCUT2D eigenvalue weighted by atomic mass is 9.86. The monoisotopic (exact) mass is 272 g/mol. The average Bonchev–Trinajstić information content (AvgIpc) is 2.73. The summed E-state index contributed by atoms with van der Waals surface area (Å²) in [5.74, 6) is 1.42. The summed E-state index contributed by atoms with van der Waals surface area (Å²) in [4.78, 5) is 16.1. The van der Waals surface area contributed by atoms with Gasteiger partial charge in [0.1, 0.15) is 11.6 Å². The quantitative estimate of drug-likeness (QED) is 0.901. The van der Waals surface area contributed by atoms with Gasteiger partial charge in [-0.1, -0.05) is 0 Å². The molecule has 0 fully saturated rings. The molecule has 1 amide bonds. The van der Waals surface area contributed by atoms with E-state index in [2.05, 4.69) is 15.4 Å². The summed E-state index contributed by atoms with van der Waals surface area (Å²) in [6, 6.07) is 1.92. The second kappa shape index (κ2) is 4.63. The number of aryl methyl sites for hydroxylation is 2. The molecule has 1 atom stereocenters. The second-order valence-corrected chi connectivity index (χ2v) is 4.93. The maximum Gasteiger partial charge on any atom is 0.226 e. The van der Waals surface area contributed by atoms with Crippen molar-refractivity contribution in [1.29, 1.82) is 0 Å². The van der Waals surface area contributed by atoms with Crippen molar-refractivity contribution >= 4 is 11.7 Å². The van der Waals surface area contributed by atoms with E-state index in [9.17, 15) is 4.79 Å². The molecule has 3 rings (SSSR count). The zero-order valence-electron chi connectivity index (χ0n) is 11.7. The van der Waals surface area contributed by atoms with E-state index in [0.29, 0.717) is 12.2 Å². The van der Waals surface area contributed by atoms with Gasteiger partial charge in [0.2, 0.25) is 5.91 Å². The maximum atomic E-state index is 11.9. The third-order valence-electron chi connectivity index (χ3n) is 3.64. The molecule has 6 heteroatoms. The van der Waals surface area contributed by atoms with Crippen molar-refractivity contribution in [3.05, 3.63) is 35.3 Å². The van der Waals surface area contributed by atoms with E-state index in [1.807, 2.05) is 20.0 Å². The number of amides is 1. The molecule has 20 heavy (non-hydrogen) atoms. The number of anilines is 1. The molecule has 104 valence electrons. The fourth-order valence-electron chi connectivity index (χ4n) is 2.73. The van der Waals surface area contributed by atoms with Gasteiger partial charge in [-0.3, -0.25) is 14.5 Å². The topological polar surface area (TPSA) is 69.0 Å². The third kappa shape index (κ3) is 1.93. The van der Waals surface area contributed by atoms with Crippen molar-refractivity contribution in [2.45, 2.75) is 19.3 Å². The Morgan fingerprint density at radius 1 is 1.45 bits per heavy atom. The minimum absolute atomic E-state index is 0.00619. The molecule has 2 aromatic heterocycles. The van der Waals surface area contributed by atoms with Crippen LogP contribution in [0, 0.1) is 6.92 Å². The first-order chi connectivity index (χ1) is 9.60. The van der Waals surface area contributed by atoms with Crippen LogP contribution in [0.2, 0.25) is 0 Å². The normalized spacial score (nSPS) is 17.6. The van der Waals surface area contributed by atoms with Crippen molar-refractivity contribution < 1.29 is 9.53 Å². The maximum absolute atomic E-state index is 11.9. The van der Waals surface area contributed by atoms with E-state index in [4.69, 9.17) is 4.74 Å². The van der Waals surface area contributed by atoms with Gasteiger partial charge in [0.15, 0.2) is 0 Å². The summed E-state index contributed by atoms with van der Waals surface area (Å²) < 4.78 is 6.92. The van der Waals surface area contributed by atoms with Crippen molar-refractivity contribution in [2.24, 2.45) is 7.05 Å². The number of hydrogen-bond donors (Lipinski definition) is 1. The van der Waals surface area contributed by atoms with Gasteiger partial charge in [0, 0.05) is 31.1 Å². The molecular formula is C14H16N4O2. The Labute approximate surface area is 116 Å². The average molecular weight is 272 g/mol. The molecule has 6 nitrogen and oxygen atoms in total. The molecule has 0 aromatic carbocycles. The molecule has 0 bridgehead atoms. The van der Waals surface area contributed by atoms with Crippen LogP contribution in [0.3, 0.4) is 0 Å². The number of hydrogen-bond acceptors (Lipinski definition) is 4. The summed E-state index contributed by atoms with van der Waals surface area (Å²) in [5.41, 5.74) is 2.95. The van der Waals surface area contributed by atoms with Crippen LogP contribution in [0.4, 0.5) is 5.82 Å². The first kappa shape index (κ1) is 12.7. The van der Waals surface area contributed by atoms with E-state index in [-0.39, 0.29) is 11.8 Å². The number of carbonyl (C=O) groups excluding carboxylic acids is 1. The van der Waals surface area contributed by atoms with E-state index in [1.54, 1.807) is 24.2 Å². The fraction of sp³-hybridized carbons (Fsp3) is 0.357. The zero-order valence-corrected chi connectivity index (χ0v) is 11.7. The van der Waals surface area contributed by atoms with Gasteiger partial charge < -0.3 is 10.1 Å². The van der Waals surface area contributed by atoms with E-state index >= 15 is 0 Å². The van der Waals surface area contributed by atoms with Gasteiger partial charge in [0.25, 0.3) is 0 Å². The zero-order chi connectivity index (χ0) is 14.3. The van der Waals surface area contributed by atoms with Gasteiger partial charge in [-0.15, -0.1) is 0 Å². The fourth-order valence-corrected chi connectivity index (χ4v) is 2.73. The minimum atomic E-state index is -0.0324. The summed E-state index contributed by atoms with van der Waals surface area (Å²) in [6.45, 7) is 1.96. The van der Waals surface area contributed by atoms with Gasteiger partial charge in [-0.2, -0.15) is 5.10 Å². The van der Waals surface area contributed by atoms with Crippen LogP contribution in [0.15, 0.2) is 18.5 Å². The summed E-state index contributed by atoms with van der Waals surface area (Å²) in [6.07, 6.45) is 3.83. The Bertz CT molecular complexity index is 678. The van der Waals surface area contributed by atoms with Crippen LogP contribution in [0.5, 0.6) is 5.75 Å². The number of nitrogens with zero attached hydrogens (tertiary/aromatic N) is 3. The number of pyridine rings is 1. The molecule has 1 N–H and O–H groups in total. The minimum Gasteiger partial charge on any atom is -0.495 e. The van der Waals surface area contributed by atoms with E-state index < -0.39 is 0 Å². The van der Waals surface area contributed by atoms with Crippen LogP contribution >= 0.6 is 0 Å². The molecular weight excluding hydrogens is 256 g/mol. The highest BCUT2D eigenvalue weighted by Gasteiger charge is 2.31. The van der Waals surface area contributed by atoms with Crippen LogP contribution in [-0.4, -0.2) is 27.8 Å². The Morgan fingerprint density at radius 3 is 3.00 bits per heavy atom. The first-order valence-electron chi connectivity index (χ1n) is 6.42. The van der Waals surface area contributed by atoms with Crippen LogP contribution in [-0.2, 0) is 11.8 Å². The van der Waals surface area contributed by atoms with Crippen LogP contribution in [0.1, 0.15) is 29.2 Å². The van der Waals surface area contributed by atoms with Crippen molar-refractivity contribution in [3.8, 4) is 5.75 Å². The molecule has 0 aliphatic carbocycles. The van der Waals surface area contributed by atoms with Gasteiger partial charge >= 0.3 is 0 Å². The highest BCUT2D eigenvalue weighted by Crippen LogP contribution is 2.39. The standard InChI is InChI=1S/C14H16N4O2/c1-8-13-11(9-4-10(20-3)7-15-6-9)5-12(19)16-14(13)18(2)17-8/h4,6-7,11H,5H2,1-3H3,(H,16,19). The molecule has 0 radical (unpaired) electrons. The Kier molecular flexibility index (Phi) is 2.93. The smallest absolute Gasteiger partial charge is 0.226 e. The lowest BCUT2D eigenvalue weighted by molar-refractivity contribution is -0.116. The van der Waals surface area contributed by atoms with Crippen molar-refractivity contribution in [2.75, 3.05) is 12.4 Å². The Morgan fingerprint density at radius 2 is 2.25 bits per heavy atom. The number of methoxy groups -OCH3 is 1. The number of ether oxygens (including phenoxy) is 1. The molecule has 0 spiro atoms. The number of nitrogens with one attached hydrogen (secondary N) is 1. The number of aromatic nitrogens is 3. The Balaban J connectivity index is 2.12. The van der Waals surface area contributed by atoms with Crippen LogP contribution < -0.4 is 10.1 Å². The largest absolute Gasteiger partial charge is 0.495 e. The van der Waals surface area contributed by atoms with Gasteiger partial charge in [-0.25, -0.2) is 0 Å². The number of rotatable bonds is 2. The predicted molar refractivity (Wildman–Crippen MR) is 73.8 cm³/mol. The van der Waals surface area contributed by atoms with Gasteiger partial charge in [-0.05, 0) is 18.6 Å². The SMILES string of the molecule is COc1cncc(C2CC(=O)Nc3c2c(C)nn3C)c1. The predicted octanol–water partition coefficient (Wildman–Crippen LogP) is 1.61. The summed E-state index contributed by atoms with van der Waals surface area (Å²) >= 11 is 0. The highest BCUT2D eigenvalue weighted by atomic mass is 16.5. The molecule has 0 saturated heterocycles. The Hall–Kier alpha value is -2.37. The molecule has 1 unspecified atom stereocenters. The molecule has 2 aromatic rings. The lowest BCUT2D eigenvalue weighted by Crippen LogP contribution is -2.24. The third-order valence-corrected chi connectivity index (χ3v) is 3.64. The summed E-state index contributed by atoms with van der Waals surface area (Å²) in [5, 5.41) is 7.28. The molecule has 0 saturated carbocycles. The van der Waals surface area contributed by atoms with E-state index in [1.165, 1.54) is 0 Å². The number of carbonyl (C=O) groups is 1. The number of fused-ring (bicyclic) bond motifs is 1. The van der Waals surface area contributed by atoms with Crippen molar-refractivity contribution in [1.82, 2.24) is 14.8 Å². The van der Waals surface area contributed by atoms with Crippen molar-refractivity contribution in [3.63, 3.8) is 0 Å². The molecule has 3 heterocycles. The highest BCUT2D eigenvalue weighted by molar-refractivity contribution is 5.94. The van der Waals surface area contributed by atoms with Gasteiger partial charge in [0.05, 0.1) is 19.0 Å². The molecule has 1 aliphatic heterocycles. The molecule has 1 aliphatic rings. The van der Waals surface area contributed by atoms with Crippen LogP contribution in [0.25, 0.3) is 0 Å². The summed E-state index contributed by atoms with van der Waals surface area (Å²) in [7, 11) is 3.44.